The molecule has 13 heavy (non-hydrogen) atoms. The van der Waals surface area contributed by atoms with E-state index in [4.69, 9.17) is 9.52 Å². The Bertz CT molecular complexity index is 368. The summed E-state index contributed by atoms with van der Waals surface area (Å²) in [7, 11) is 0. The first-order valence-corrected chi connectivity index (χ1v) is 3.76. The van der Waals surface area contributed by atoms with Gasteiger partial charge in [0.2, 0.25) is 0 Å². The number of rotatable bonds is 0. The standard InChI is InChI=1S/C8H7NO4/c10-6-3-9(8(11)12)4-7-5(6)1-2-13-7/h1-2H,3-4H2,(H,11,12). The third-order valence-electron chi connectivity index (χ3n) is 1.99. The molecule has 1 amide bonds. The molecule has 1 aromatic heterocycles. The second kappa shape index (κ2) is 2.62. The summed E-state index contributed by atoms with van der Waals surface area (Å²) in [4.78, 5) is 22.9. The zero-order valence-electron chi connectivity index (χ0n) is 6.69. The van der Waals surface area contributed by atoms with Gasteiger partial charge in [-0.2, -0.15) is 0 Å². The fourth-order valence-corrected chi connectivity index (χ4v) is 1.33. The van der Waals surface area contributed by atoms with Crippen molar-refractivity contribution in [2.75, 3.05) is 6.54 Å². The fourth-order valence-electron chi connectivity index (χ4n) is 1.33. The predicted octanol–water partition coefficient (Wildman–Crippen LogP) is 0.956. The van der Waals surface area contributed by atoms with Crippen molar-refractivity contribution in [1.29, 1.82) is 0 Å². The topological polar surface area (TPSA) is 70.8 Å². The Morgan fingerprint density at radius 1 is 1.54 bits per heavy atom. The number of nitrogens with zero attached hydrogens (tertiary/aromatic N) is 1. The van der Waals surface area contributed by atoms with E-state index in [1.54, 1.807) is 6.07 Å². The number of hydrogen-bond donors (Lipinski definition) is 1. The minimum atomic E-state index is -1.10. The molecular formula is C8H7NO4. The third kappa shape index (κ3) is 1.18. The van der Waals surface area contributed by atoms with E-state index >= 15 is 0 Å². The van der Waals surface area contributed by atoms with Crippen molar-refractivity contribution in [1.82, 2.24) is 4.90 Å². The maximum absolute atomic E-state index is 11.3. The SMILES string of the molecule is O=C1CN(C(=O)O)Cc2occc21. The van der Waals surface area contributed by atoms with Crippen LogP contribution in [0.2, 0.25) is 0 Å². The highest BCUT2D eigenvalue weighted by Gasteiger charge is 2.28. The van der Waals surface area contributed by atoms with Crippen LogP contribution >= 0.6 is 0 Å². The minimum absolute atomic E-state index is 0.0815. The van der Waals surface area contributed by atoms with E-state index in [9.17, 15) is 9.59 Å². The average molecular weight is 181 g/mol. The van der Waals surface area contributed by atoms with Gasteiger partial charge >= 0.3 is 6.09 Å². The molecule has 0 aromatic carbocycles. The van der Waals surface area contributed by atoms with E-state index in [1.165, 1.54) is 6.26 Å². The Morgan fingerprint density at radius 2 is 2.31 bits per heavy atom. The first-order chi connectivity index (χ1) is 6.18. The number of fused-ring (bicyclic) bond motifs is 1. The molecule has 5 heteroatoms. The molecule has 0 atom stereocenters. The van der Waals surface area contributed by atoms with Gasteiger partial charge in [0.25, 0.3) is 0 Å². The van der Waals surface area contributed by atoms with E-state index in [0.717, 1.165) is 4.90 Å². The largest absolute Gasteiger partial charge is 0.467 e. The van der Waals surface area contributed by atoms with Crippen LogP contribution < -0.4 is 0 Å². The number of carboxylic acid groups (broad SMARTS) is 1. The molecule has 5 nitrogen and oxygen atoms in total. The van der Waals surface area contributed by atoms with Gasteiger partial charge in [0, 0.05) is 0 Å². The summed E-state index contributed by atoms with van der Waals surface area (Å²) in [5, 5.41) is 8.65. The molecule has 0 saturated carbocycles. The van der Waals surface area contributed by atoms with Crippen molar-refractivity contribution in [3.05, 3.63) is 23.7 Å². The van der Waals surface area contributed by atoms with Crippen LogP contribution in [0.5, 0.6) is 0 Å². The van der Waals surface area contributed by atoms with Crippen LogP contribution in [-0.2, 0) is 6.54 Å². The summed E-state index contributed by atoms with van der Waals surface area (Å²) in [5.74, 6) is 0.219. The first kappa shape index (κ1) is 7.85. The maximum atomic E-state index is 11.3. The molecule has 2 rings (SSSR count). The highest BCUT2D eigenvalue weighted by molar-refractivity contribution is 6.00. The van der Waals surface area contributed by atoms with Crippen molar-refractivity contribution in [2.24, 2.45) is 0 Å². The number of furan rings is 1. The van der Waals surface area contributed by atoms with Gasteiger partial charge in [-0.15, -0.1) is 0 Å². The van der Waals surface area contributed by atoms with Crippen molar-refractivity contribution in [3.63, 3.8) is 0 Å². The maximum Gasteiger partial charge on any atom is 0.408 e. The first-order valence-electron chi connectivity index (χ1n) is 3.76. The second-order valence-electron chi connectivity index (χ2n) is 2.82. The quantitative estimate of drug-likeness (QED) is 0.647. The molecule has 0 saturated heterocycles. The second-order valence-corrected chi connectivity index (χ2v) is 2.82. The molecule has 0 bridgehead atoms. The molecule has 0 fully saturated rings. The number of amides is 1. The number of hydrogen-bond acceptors (Lipinski definition) is 3. The van der Waals surface area contributed by atoms with Crippen LogP contribution in [-0.4, -0.2) is 28.4 Å². The van der Waals surface area contributed by atoms with Crippen LogP contribution in [0.1, 0.15) is 16.1 Å². The van der Waals surface area contributed by atoms with Crippen molar-refractivity contribution in [3.8, 4) is 0 Å². The van der Waals surface area contributed by atoms with E-state index in [1.807, 2.05) is 0 Å². The van der Waals surface area contributed by atoms with Gasteiger partial charge in [0.1, 0.15) is 5.76 Å². The van der Waals surface area contributed by atoms with Crippen LogP contribution in [0.3, 0.4) is 0 Å². The van der Waals surface area contributed by atoms with Gasteiger partial charge in [-0.3, -0.25) is 9.69 Å². The zero-order chi connectivity index (χ0) is 9.42. The Labute approximate surface area is 73.6 Å². The van der Waals surface area contributed by atoms with Gasteiger partial charge < -0.3 is 9.52 Å². The Balaban J connectivity index is 2.34. The molecule has 1 aromatic rings. The van der Waals surface area contributed by atoms with Crippen molar-refractivity contribution in [2.45, 2.75) is 6.54 Å². The molecular weight excluding hydrogens is 174 g/mol. The van der Waals surface area contributed by atoms with Crippen molar-refractivity contribution < 1.29 is 19.1 Å². The van der Waals surface area contributed by atoms with Crippen LogP contribution in [0.4, 0.5) is 4.79 Å². The van der Waals surface area contributed by atoms with Gasteiger partial charge in [-0.25, -0.2) is 4.79 Å². The summed E-state index contributed by atoms with van der Waals surface area (Å²) in [5.41, 5.74) is 0.498. The summed E-state index contributed by atoms with van der Waals surface area (Å²) in [6, 6.07) is 1.57. The number of ketones is 1. The molecule has 0 aliphatic carbocycles. The highest BCUT2D eigenvalue weighted by Crippen LogP contribution is 2.19. The monoisotopic (exact) mass is 181 g/mol. The van der Waals surface area contributed by atoms with Gasteiger partial charge in [-0.05, 0) is 6.07 Å². The molecule has 68 valence electrons. The van der Waals surface area contributed by atoms with Gasteiger partial charge in [0.15, 0.2) is 5.78 Å². The van der Waals surface area contributed by atoms with E-state index in [0.29, 0.717) is 11.3 Å². The molecule has 1 aliphatic heterocycles. The van der Waals surface area contributed by atoms with Crippen LogP contribution in [0.25, 0.3) is 0 Å². The molecule has 0 unspecified atom stereocenters. The summed E-state index contributed by atoms with van der Waals surface area (Å²) >= 11 is 0. The normalized spacial score (nSPS) is 15.7. The van der Waals surface area contributed by atoms with Gasteiger partial charge in [-0.1, -0.05) is 0 Å². The van der Waals surface area contributed by atoms with E-state index in [-0.39, 0.29) is 18.9 Å². The number of carbonyl (C=O) groups excluding carboxylic acids is 1. The lowest BCUT2D eigenvalue weighted by Gasteiger charge is -2.21. The molecule has 0 spiro atoms. The summed E-state index contributed by atoms with van der Waals surface area (Å²) in [6.07, 6.45) is 0.295. The van der Waals surface area contributed by atoms with Crippen LogP contribution in [0.15, 0.2) is 16.7 Å². The molecule has 1 N–H and O–H groups in total. The third-order valence-corrected chi connectivity index (χ3v) is 1.99. The van der Waals surface area contributed by atoms with E-state index < -0.39 is 6.09 Å². The zero-order valence-corrected chi connectivity index (χ0v) is 6.69. The lowest BCUT2D eigenvalue weighted by molar-refractivity contribution is 0.0859. The summed E-state index contributed by atoms with van der Waals surface area (Å²) < 4.78 is 4.98. The lowest BCUT2D eigenvalue weighted by Crippen LogP contribution is -2.37. The smallest absolute Gasteiger partial charge is 0.408 e. The van der Waals surface area contributed by atoms with Gasteiger partial charge in [0.05, 0.1) is 24.9 Å². The van der Waals surface area contributed by atoms with E-state index in [2.05, 4.69) is 0 Å². The highest BCUT2D eigenvalue weighted by atomic mass is 16.4. The van der Waals surface area contributed by atoms with Crippen LogP contribution in [0, 0.1) is 0 Å². The summed E-state index contributed by atoms with van der Waals surface area (Å²) in [6.45, 7) is 0.0747. The fraction of sp³-hybridized carbons (Fsp3) is 0.250. The lowest BCUT2D eigenvalue weighted by atomic mass is 10.1. The molecule has 1 aliphatic rings. The predicted molar refractivity (Wildman–Crippen MR) is 41.5 cm³/mol. The molecule has 0 radical (unpaired) electrons. The Hall–Kier alpha value is -1.78. The van der Waals surface area contributed by atoms with Crippen molar-refractivity contribution >= 4 is 11.9 Å². The number of Topliss-reactive ketones (excluding diaryl/α,β-unsaturated/α-hetero) is 1. The minimum Gasteiger partial charge on any atom is -0.467 e. The number of carbonyl (C=O) groups is 2. The Kier molecular flexibility index (Phi) is 1.58. The Morgan fingerprint density at radius 3 is 3.00 bits per heavy atom. The molecule has 2 heterocycles. The average Bonchev–Trinajstić information content (AvgIpc) is 2.51.